The van der Waals surface area contributed by atoms with Crippen LogP contribution in [0.5, 0.6) is 0 Å². The van der Waals surface area contributed by atoms with Gasteiger partial charge >= 0.3 is 5.97 Å². The number of rotatable bonds is 17. The predicted octanol–water partition coefficient (Wildman–Crippen LogP) is -4.36. The Hall–Kier alpha value is -3.83. The Morgan fingerprint density at radius 3 is 1.95 bits per heavy atom. The summed E-state index contributed by atoms with van der Waals surface area (Å²) in [5, 5.41) is 37.3. The highest BCUT2D eigenvalue weighted by molar-refractivity contribution is 5.96. The molecular weight excluding hydrogens is 558 g/mol. The Kier molecular flexibility index (Phi) is 14.8. The maximum Gasteiger partial charge on any atom is 0.328 e. The zero-order chi connectivity index (χ0) is 32.1. The van der Waals surface area contributed by atoms with Gasteiger partial charge in [-0.1, -0.05) is 13.8 Å². The Morgan fingerprint density at radius 1 is 0.857 bits per heavy atom. The average Bonchev–Trinajstić information content (AvgIpc) is 3.41. The van der Waals surface area contributed by atoms with Crippen LogP contribution in [-0.4, -0.2) is 118 Å². The van der Waals surface area contributed by atoms with E-state index in [0.29, 0.717) is 6.42 Å². The molecule has 1 fully saturated rings. The van der Waals surface area contributed by atoms with E-state index in [-0.39, 0.29) is 38.1 Å². The number of nitrogens with one attached hydrogen (secondary N) is 4. The Morgan fingerprint density at radius 2 is 1.43 bits per heavy atom. The topological polar surface area (TPSA) is 284 Å². The molecule has 0 saturated carbocycles. The van der Waals surface area contributed by atoms with E-state index in [1.165, 1.54) is 11.8 Å². The molecule has 1 heterocycles. The number of carbonyl (C=O) groups is 7. The van der Waals surface area contributed by atoms with Crippen molar-refractivity contribution in [3.63, 3.8) is 0 Å². The second kappa shape index (κ2) is 17.2. The molecule has 1 aliphatic rings. The lowest BCUT2D eigenvalue weighted by Gasteiger charge is -2.28. The molecule has 11 N–H and O–H groups in total. The van der Waals surface area contributed by atoms with E-state index in [9.17, 15) is 43.8 Å². The lowest BCUT2D eigenvalue weighted by Crippen LogP contribution is -2.59. The summed E-state index contributed by atoms with van der Waals surface area (Å²) in [4.78, 5) is 87.2. The molecule has 17 heteroatoms. The minimum absolute atomic E-state index is 0.00187. The molecule has 0 radical (unpaired) electrons. The number of nitrogens with zero attached hydrogens (tertiary/aromatic N) is 1. The van der Waals surface area contributed by atoms with E-state index in [1.807, 2.05) is 0 Å². The van der Waals surface area contributed by atoms with Crippen molar-refractivity contribution < 1.29 is 48.9 Å². The molecule has 1 saturated heterocycles. The summed E-state index contributed by atoms with van der Waals surface area (Å²) in [6.07, 6.45) is 0.772. The summed E-state index contributed by atoms with van der Waals surface area (Å²) >= 11 is 0. The molecule has 0 aliphatic carbocycles. The molecule has 6 atom stereocenters. The highest BCUT2D eigenvalue weighted by Crippen LogP contribution is 2.19. The molecule has 1 rings (SSSR count). The number of carboxylic acids is 1. The number of hydrogen-bond donors (Lipinski definition) is 9. The van der Waals surface area contributed by atoms with Gasteiger partial charge in [0.25, 0.3) is 0 Å². The fraction of sp³-hybridized carbons (Fsp3) is 0.720. The van der Waals surface area contributed by atoms with Gasteiger partial charge in [-0.2, -0.15) is 0 Å². The van der Waals surface area contributed by atoms with Crippen LogP contribution in [0.4, 0.5) is 0 Å². The number of primary amides is 1. The number of aliphatic hydroxyl groups excluding tert-OH is 2. The lowest BCUT2D eigenvalue weighted by molar-refractivity contribution is -0.143. The minimum atomic E-state index is -1.58. The number of carbonyl (C=O) groups excluding carboxylic acids is 6. The largest absolute Gasteiger partial charge is 0.480 e. The van der Waals surface area contributed by atoms with E-state index in [2.05, 4.69) is 21.3 Å². The van der Waals surface area contributed by atoms with Gasteiger partial charge in [-0.3, -0.25) is 28.8 Å². The van der Waals surface area contributed by atoms with Gasteiger partial charge in [-0.05, 0) is 38.5 Å². The predicted molar refractivity (Wildman–Crippen MR) is 146 cm³/mol. The van der Waals surface area contributed by atoms with E-state index in [1.54, 1.807) is 13.8 Å². The summed E-state index contributed by atoms with van der Waals surface area (Å²) < 4.78 is 0. The van der Waals surface area contributed by atoms with Crippen LogP contribution < -0.4 is 32.7 Å². The first-order valence-electron chi connectivity index (χ1n) is 13.6. The molecule has 0 spiro atoms. The smallest absolute Gasteiger partial charge is 0.328 e. The van der Waals surface area contributed by atoms with E-state index in [4.69, 9.17) is 16.6 Å². The van der Waals surface area contributed by atoms with Crippen LogP contribution in [0, 0.1) is 5.92 Å². The normalized spacial score (nSPS) is 18.3. The molecule has 0 aromatic rings. The Labute approximate surface area is 243 Å². The molecule has 17 nitrogen and oxygen atoms in total. The van der Waals surface area contributed by atoms with Crippen LogP contribution in [0.15, 0.2) is 0 Å². The van der Waals surface area contributed by atoms with Crippen molar-refractivity contribution in [1.82, 2.24) is 26.2 Å². The number of aliphatic carboxylic acids is 1. The number of hydrogen-bond acceptors (Lipinski definition) is 10. The molecule has 0 aromatic heterocycles. The third kappa shape index (κ3) is 11.2. The Balaban J connectivity index is 2.82. The van der Waals surface area contributed by atoms with Gasteiger partial charge in [0.15, 0.2) is 0 Å². The van der Waals surface area contributed by atoms with Gasteiger partial charge in [-0.15, -0.1) is 0 Å². The summed E-state index contributed by atoms with van der Waals surface area (Å²) in [6.45, 7) is 3.36. The molecule has 6 amide bonds. The third-order valence-electron chi connectivity index (χ3n) is 6.56. The zero-order valence-electron chi connectivity index (χ0n) is 24.0. The SMILES string of the molecule is CC(C)C[C@H](NC(=O)[C@H](C)NC(=O)[C@H](CO)NC(=O)[C@@H]1CCCN1C(=O)[C@@H](N)CCC(N)=O)C(=O)N[C@@H](CO)C(=O)O. The van der Waals surface area contributed by atoms with Crippen molar-refractivity contribution in [1.29, 1.82) is 0 Å². The first kappa shape index (κ1) is 36.2. The number of carboxylic acid groups (broad SMARTS) is 1. The standard InChI is InChI=1S/C25H43N7O10/c1-12(2)9-15(21(37)31-17(11-34)25(41)42)29-20(36)13(3)28-22(38)16(10-33)30-23(39)18-5-4-8-32(18)24(40)14(26)6-7-19(27)35/h12-18,33-34H,4-11,26H2,1-3H3,(H2,27,35)(H,28,38)(H,29,36)(H,30,39)(H,31,37)(H,41,42)/t13-,14-,15-,16-,17-,18-/m0/s1. The van der Waals surface area contributed by atoms with E-state index in [0.717, 1.165) is 0 Å². The van der Waals surface area contributed by atoms with Gasteiger partial charge in [0.2, 0.25) is 35.4 Å². The molecule has 238 valence electrons. The van der Waals surface area contributed by atoms with Crippen LogP contribution in [0.1, 0.15) is 52.9 Å². The summed E-state index contributed by atoms with van der Waals surface area (Å²) in [7, 11) is 0. The van der Waals surface area contributed by atoms with Gasteiger partial charge in [-0.25, -0.2) is 4.79 Å². The zero-order valence-corrected chi connectivity index (χ0v) is 24.0. The van der Waals surface area contributed by atoms with Crippen LogP contribution in [0.3, 0.4) is 0 Å². The van der Waals surface area contributed by atoms with Crippen molar-refractivity contribution in [3.8, 4) is 0 Å². The molecular formula is C25H43N7O10. The van der Waals surface area contributed by atoms with Gasteiger partial charge in [0, 0.05) is 13.0 Å². The summed E-state index contributed by atoms with van der Waals surface area (Å²) in [5.74, 6) is -6.04. The molecule has 0 bridgehead atoms. The number of amides is 6. The first-order valence-corrected chi connectivity index (χ1v) is 13.6. The van der Waals surface area contributed by atoms with E-state index < -0.39 is 90.9 Å². The van der Waals surface area contributed by atoms with Crippen molar-refractivity contribution in [2.45, 2.75) is 89.1 Å². The molecule has 42 heavy (non-hydrogen) atoms. The fourth-order valence-electron chi connectivity index (χ4n) is 4.24. The second-order valence-electron chi connectivity index (χ2n) is 10.5. The first-order chi connectivity index (χ1) is 19.6. The lowest BCUT2D eigenvalue weighted by atomic mass is 10.0. The van der Waals surface area contributed by atoms with Gasteiger partial charge in [0.05, 0.1) is 19.3 Å². The van der Waals surface area contributed by atoms with Crippen LogP contribution >= 0.6 is 0 Å². The quantitative estimate of drug-likeness (QED) is 0.0767. The van der Waals surface area contributed by atoms with Gasteiger partial charge < -0.3 is 53.0 Å². The maximum atomic E-state index is 12.9. The van der Waals surface area contributed by atoms with Crippen molar-refractivity contribution in [2.24, 2.45) is 17.4 Å². The van der Waals surface area contributed by atoms with Crippen molar-refractivity contribution >= 4 is 41.4 Å². The van der Waals surface area contributed by atoms with E-state index >= 15 is 0 Å². The van der Waals surface area contributed by atoms with Crippen molar-refractivity contribution in [3.05, 3.63) is 0 Å². The van der Waals surface area contributed by atoms with Crippen LogP contribution in [0.2, 0.25) is 0 Å². The monoisotopic (exact) mass is 601 g/mol. The average molecular weight is 602 g/mol. The van der Waals surface area contributed by atoms with Crippen LogP contribution in [-0.2, 0) is 33.6 Å². The number of aliphatic hydroxyl groups is 2. The summed E-state index contributed by atoms with van der Waals surface area (Å²) in [5.41, 5.74) is 10.9. The van der Waals surface area contributed by atoms with Gasteiger partial charge in [0.1, 0.15) is 30.2 Å². The fourth-order valence-corrected chi connectivity index (χ4v) is 4.24. The van der Waals surface area contributed by atoms with Crippen LogP contribution in [0.25, 0.3) is 0 Å². The molecule has 0 unspecified atom stereocenters. The second-order valence-corrected chi connectivity index (χ2v) is 10.5. The third-order valence-corrected chi connectivity index (χ3v) is 6.56. The van der Waals surface area contributed by atoms with Crippen molar-refractivity contribution in [2.75, 3.05) is 19.8 Å². The number of likely N-dealkylation sites (tertiary alicyclic amines) is 1. The minimum Gasteiger partial charge on any atom is -0.480 e. The number of nitrogens with two attached hydrogens (primary N) is 2. The molecule has 1 aliphatic heterocycles. The summed E-state index contributed by atoms with van der Waals surface area (Å²) in [6, 6.07) is -7.51. The Bertz CT molecular complexity index is 1010. The maximum absolute atomic E-state index is 12.9. The highest BCUT2D eigenvalue weighted by Gasteiger charge is 2.38. The highest BCUT2D eigenvalue weighted by atomic mass is 16.4. The molecule has 0 aromatic carbocycles.